The Balaban J connectivity index is 1.64. The third kappa shape index (κ3) is 4.66. The van der Waals surface area contributed by atoms with Crippen LogP contribution in [0.3, 0.4) is 0 Å². The number of alkyl halides is 3. The summed E-state index contributed by atoms with van der Waals surface area (Å²) in [7, 11) is 0. The Morgan fingerprint density at radius 1 is 1.11 bits per heavy atom. The van der Waals surface area contributed by atoms with Gasteiger partial charge in [0, 0.05) is 32.2 Å². The van der Waals surface area contributed by atoms with E-state index in [2.05, 4.69) is 0 Å². The molecule has 0 bridgehead atoms. The van der Waals surface area contributed by atoms with E-state index < -0.39 is 30.0 Å². The molecule has 0 spiro atoms. The van der Waals surface area contributed by atoms with Crippen LogP contribution in [0.1, 0.15) is 31.2 Å². The number of nitrogens with one attached hydrogen (secondary N) is 1. The fourth-order valence-corrected chi connectivity index (χ4v) is 4.08. The molecule has 28 heavy (non-hydrogen) atoms. The van der Waals surface area contributed by atoms with Crippen LogP contribution in [-0.2, 0) is 19.7 Å². The normalized spacial score (nSPS) is 20.6. The zero-order valence-corrected chi connectivity index (χ0v) is 15.6. The summed E-state index contributed by atoms with van der Waals surface area (Å²) in [5, 5.41) is 1.95. The summed E-state index contributed by atoms with van der Waals surface area (Å²) in [6.07, 6.45) is -2.48. The Morgan fingerprint density at radius 3 is 2.29 bits per heavy atom. The number of likely N-dealkylation sites (tertiary alicyclic amines) is 1. The second-order valence-corrected chi connectivity index (χ2v) is 7.46. The zero-order chi connectivity index (χ0) is 20.2. The van der Waals surface area contributed by atoms with Gasteiger partial charge in [0.15, 0.2) is 0 Å². The van der Waals surface area contributed by atoms with Crippen molar-refractivity contribution in [3.05, 3.63) is 35.9 Å². The van der Waals surface area contributed by atoms with Gasteiger partial charge in [0.2, 0.25) is 11.8 Å². The van der Waals surface area contributed by atoms with Crippen LogP contribution in [-0.4, -0.2) is 55.7 Å². The van der Waals surface area contributed by atoms with E-state index in [9.17, 15) is 22.8 Å². The van der Waals surface area contributed by atoms with Crippen molar-refractivity contribution in [2.45, 2.75) is 37.3 Å². The van der Waals surface area contributed by atoms with Gasteiger partial charge in [0.25, 0.3) is 0 Å². The van der Waals surface area contributed by atoms with Crippen molar-refractivity contribution in [1.82, 2.24) is 10.2 Å². The predicted molar refractivity (Wildman–Crippen MR) is 96.5 cm³/mol. The summed E-state index contributed by atoms with van der Waals surface area (Å²) in [5.41, 5.74) is 0.332. The van der Waals surface area contributed by atoms with Gasteiger partial charge in [-0.15, -0.1) is 0 Å². The lowest BCUT2D eigenvalue weighted by atomic mass is 9.72. The molecule has 1 N–H and O–H groups in total. The molecule has 8 heteroatoms. The van der Waals surface area contributed by atoms with E-state index in [4.69, 9.17) is 4.74 Å². The molecular weight excluding hydrogens is 373 g/mol. The van der Waals surface area contributed by atoms with Gasteiger partial charge >= 0.3 is 6.18 Å². The third-order valence-electron chi connectivity index (χ3n) is 5.70. The maximum Gasteiger partial charge on any atom is 0.405 e. The second-order valence-electron chi connectivity index (χ2n) is 7.46. The fraction of sp³-hybridized carbons (Fsp3) is 0.600. The first-order chi connectivity index (χ1) is 13.3. The highest BCUT2D eigenvalue weighted by molar-refractivity contribution is 5.89. The highest BCUT2D eigenvalue weighted by Crippen LogP contribution is 2.37. The lowest BCUT2D eigenvalue weighted by Gasteiger charge is -2.42. The molecule has 0 unspecified atom stereocenters. The first-order valence-electron chi connectivity index (χ1n) is 9.59. The molecule has 2 amide bonds. The lowest BCUT2D eigenvalue weighted by Crippen LogP contribution is -2.53. The molecule has 0 aliphatic carbocycles. The maximum absolute atomic E-state index is 13.4. The van der Waals surface area contributed by atoms with Crippen molar-refractivity contribution < 1.29 is 27.5 Å². The molecule has 1 aromatic rings. The minimum absolute atomic E-state index is 0.0242. The second kappa shape index (κ2) is 8.51. The van der Waals surface area contributed by atoms with Crippen molar-refractivity contribution in [1.29, 1.82) is 0 Å². The smallest absolute Gasteiger partial charge is 0.381 e. The van der Waals surface area contributed by atoms with Gasteiger partial charge in [-0.1, -0.05) is 30.3 Å². The number of carbonyl (C=O) groups excluding carboxylic acids is 2. The average Bonchev–Trinajstić information content (AvgIpc) is 2.72. The van der Waals surface area contributed by atoms with Crippen LogP contribution in [0.5, 0.6) is 0 Å². The van der Waals surface area contributed by atoms with Crippen molar-refractivity contribution in [2.24, 2.45) is 5.92 Å². The standard InChI is InChI=1S/C20H25F3N2O3/c21-20(22,23)14-24-17(26)15-6-10-25(11-7-15)18(27)19(8-12-28-13-9-19)16-4-2-1-3-5-16/h1-5,15H,6-14H2,(H,24,26). The minimum atomic E-state index is -4.42. The van der Waals surface area contributed by atoms with Gasteiger partial charge in [-0.05, 0) is 31.2 Å². The van der Waals surface area contributed by atoms with Gasteiger partial charge in [-0.3, -0.25) is 9.59 Å². The van der Waals surface area contributed by atoms with Crippen LogP contribution in [0, 0.1) is 5.92 Å². The van der Waals surface area contributed by atoms with Crippen molar-refractivity contribution >= 4 is 11.8 Å². The highest BCUT2D eigenvalue weighted by atomic mass is 19.4. The predicted octanol–water partition coefficient (Wildman–Crippen LogP) is 2.65. The van der Waals surface area contributed by atoms with Crippen LogP contribution in [0.15, 0.2) is 30.3 Å². The largest absolute Gasteiger partial charge is 0.405 e. The highest BCUT2D eigenvalue weighted by Gasteiger charge is 2.45. The van der Waals surface area contributed by atoms with E-state index in [1.165, 1.54) is 0 Å². The van der Waals surface area contributed by atoms with Crippen molar-refractivity contribution in [3.63, 3.8) is 0 Å². The average molecular weight is 398 g/mol. The number of hydrogen-bond acceptors (Lipinski definition) is 3. The topological polar surface area (TPSA) is 58.6 Å². The Kier molecular flexibility index (Phi) is 6.27. The van der Waals surface area contributed by atoms with Crippen molar-refractivity contribution in [2.75, 3.05) is 32.8 Å². The van der Waals surface area contributed by atoms with Crippen LogP contribution < -0.4 is 5.32 Å². The minimum Gasteiger partial charge on any atom is -0.381 e. The van der Waals surface area contributed by atoms with E-state index in [1.807, 2.05) is 35.6 Å². The number of benzene rings is 1. The van der Waals surface area contributed by atoms with Gasteiger partial charge < -0.3 is 15.0 Å². The molecule has 0 atom stereocenters. The van der Waals surface area contributed by atoms with E-state index >= 15 is 0 Å². The van der Waals surface area contributed by atoms with Gasteiger partial charge in [0.1, 0.15) is 6.54 Å². The quantitative estimate of drug-likeness (QED) is 0.848. The fourth-order valence-electron chi connectivity index (χ4n) is 4.08. The van der Waals surface area contributed by atoms with Gasteiger partial charge in [-0.25, -0.2) is 0 Å². The summed E-state index contributed by atoms with van der Waals surface area (Å²) < 4.78 is 42.3. The molecule has 3 rings (SSSR count). The molecule has 1 aromatic carbocycles. The number of halogens is 3. The zero-order valence-electron chi connectivity index (χ0n) is 15.6. The van der Waals surface area contributed by atoms with Gasteiger partial charge in [0.05, 0.1) is 5.41 Å². The molecule has 154 valence electrons. The number of rotatable bonds is 4. The molecule has 2 aliphatic heterocycles. The maximum atomic E-state index is 13.4. The number of carbonyl (C=O) groups is 2. The molecule has 5 nitrogen and oxygen atoms in total. The van der Waals surface area contributed by atoms with Crippen molar-refractivity contribution in [3.8, 4) is 0 Å². The molecular formula is C20H25F3N2O3. The Hall–Kier alpha value is -2.09. The van der Waals surface area contributed by atoms with E-state index in [0.29, 0.717) is 52.0 Å². The van der Waals surface area contributed by atoms with Gasteiger partial charge in [-0.2, -0.15) is 13.2 Å². The summed E-state index contributed by atoms with van der Waals surface area (Å²) in [4.78, 5) is 27.2. The molecule has 2 heterocycles. The number of piperidine rings is 1. The molecule has 0 radical (unpaired) electrons. The van der Waals surface area contributed by atoms with Crippen LogP contribution in [0.2, 0.25) is 0 Å². The number of hydrogen-bond donors (Lipinski definition) is 1. The molecule has 2 saturated heterocycles. The Bertz CT molecular complexity index is 680. The number of amides is 2. The monoisotopic (exact) mass is 398 g/mol. The number of ether oxygens (including phenoxy) is 1. The molecule has 0 saturated carbocycles. The summed E-state index contributed by atoms with van der Waals surface area (Å²) in [6, 6.07) is 9.65. The molecule has 2 aliphatic rings. The third-order valence-corrected chi connectivity index (χ3v) is 5.70. The van der Waals surface area contributed by atoms with Crippen LogP contribution in [0.4, 0.5) is 13.2 Å². The number of nitrogens with zero attached hydrogens (tertiary/aromatic N) is 1. The SMILES string of the molecule is O=C(NCC(F)(F)F)C1CCN(C(=O)C2(c3ccccc3)CCOCC2)CC1. The Labute approximate surface area is 162 Å². The van der Waals surface area contributed by atoms with E-state index in [-0.39, 0.29) is 5.91 Å². The summed E-state index contributed by atoms with van der Waals surface area (Å²) in [5.74, 6) is -1.06. The first kappa shape index (κ1) is 20.6. The van der Waals surface area contributed by atoms with Crippen LogP contribution >= 0.6 is 0 Å². The summed E-state index contributed by atoms with van der Waals surface area (Å²) >= 11 is 0. The molecule has 0 aromatic heterocycles. The molecule has 2 fully saturated rings. The Morgan fingerprint density at radius 2 is 1.71 bits per heavy atom. The van der Waals surface area contributed by atoms with Crippen LogP contribution in [0.25, 0.3) is 0 Å². The summed E-state index contributed by atoms with van der Waals surface area (Å²) in [6.45, 7) is 0.451. The lowest BCUT2D eigenvalue weighted by molar-refractivity contribution is -0.146. The first-order valence-corrected chi connectivity index (χ1v) is 9.59. The van der Waals surface area contributed by atoms with E-state index in [0.717, 1.165) is 5.56 Å². The van der Waals surface area contributed by atoms with E-state index in [1.54, 1.807) is 4.90 Å².